The highest BCUT2D eigenvalue weighted by molar-refractivity contribution is 5.71. The van der Waals surface area contributed by atoms with Crippen molar-refractivity contribution in [1.82, 2.24) is 9.88 Å². The van der Waals surface area contributed by atoms with Crippen molar-refractivity contribution >= 4 is 5.97 Å². The number of carbonyl (C=O) groups is 1. The first kappa shape index (κ1) is 13.8. The van der Waals surface area contributed by atoms with Crippen LogP contribution < -0.4 is 5.32 Å². The molecule has 0 aliphatic rings. The van der Waals surface area contributed by atoms with E-state index in [9.17, 15) is 4.79 Å². The van der Waals surface area contributed by atoms with E-state index in [2.05, 4.69) is 16.0 Å². The number of esters is 1. The Morgan fingerprint density at radius 1 is 1.47 bits per heavy atom. The van der Waals surface area contributed by atoms with Gasteiger partial charge in [0.25, 0.3) is 0 Å². The fraction of sp³-hybridized carbons (Fsp3) is 0.615. The van der Waals surface area contributed by atoms with E-state index in [0.29, 0.717) is 12.6 Å². The lowest BCUT2D eigenvalue weighted by Gasteiger charge is -2.08. The average Bonchev–Trinajstić information content (AvgIpc) is 2.51. The smallest absolute Gasteiger partial charge is 0.320 e. The van der Waals surface area contributed by atoms with Crippen LogP contribution in [0.1, 0.15) is 30.8 Å². The van der Waals surface area contributed by atoms with Crippen molar-refractivity contribution in [2.75, 3.05) is 6.54 Å². The lowest BCUT2D eigenvalue weighted by atomic mass is 10.2. The summed E-state index contributed by atoms with van der Waals surface area (Å²) in [7, 11) is 2.01. The zero-order chi connectivity index (χ0) is 13.0. The standard InChI is InChI=1S/C13H22N2O2/c1-9(2)14-7-13(16)17-8-12-6-10(3)15(5)11(12)4/h6,9,14H,7-8H2,1-5H3. The molecule has 0 radical (unpaired) electrons. The molecule has 0 unspecified atom stereocenters. The van der Waals surface area contributed by atoms with Gasteiger partial charge in [0.05, 0.1) is 6.54 Å². The van der Waals surface area contributed by atoms with Gasteiger partial charge < -0.3 is 14.6 Å². The molecule has 0 aromatic carbocycles. The molecule has 1 N–H and O–H groups in total. The molecule has 4 heteroatoms. The molecule has 1 rings (SSSR count). The number of hydrogen-bond donors (Lipinski definition) is 1. The zero-order valence-corrected chi connectivity index (χ0v) is 11.3. The predicted molar refractivity (Wildman–Crippen MR) is 67.8 cm³/mol. The minimum Gasteiger partial charge on any atom is -0.460 e. The number of hydrogen-bond acceptors (Lipinski definition) is 3. The van der Waals surface area contributed by atoms with Crippen LogP contribution in [-0.4, -0.2) is 23.1 Å². The molecular formula is C13H22N2O2. The topological polar surface area (TPSA) is 43.3 Å². The molecule has 0 aliphatic carbocycles. The zero-order valence-electron chi connectivity index (χ0n) is 11.3. The van der Waals surface area contributed by atoms with Gasteiger partial charge in [0.2, 0.25) is 0 Å². The molecule has 0 saturated heterocycles. The highest BCUT2D eigenvalue weighted by Gasteiger charge is 2.09. The second-order valence-electron chi connectivity index (χ2n) is 4.65. The van der Waals surface area contributed by atoms with Crippen molar-refractivity contribution in [2.45, 2.75) is 40.3 Å². The van der Waals surface area contributed by atoms with Gasteiger partial charge in [0, 0.05) is 30.0 Å². The molecule has 1 aromatic rings. The fourth-order valence-electron chi connectivity index (χ4n) is 1.58. The number of carbonyl (C=O) groups excluding carboxylic acids is 1. The summed E-state index contributed by atoms with van der Waals surface area (Å²) in [5, 5.41) is 3.03. The van der Waals surface area contributed by atoms with Crippen LogP contribution in [0.4, 0.5) is 0 Å². The first-order valence-corrected chi connectivity index (χ1v) is 5.92. The highest BCUT2D eigenvalue weighted by Crippen LogP contribution is 2.14. The molecule has 0 fully saturated rings. The summed E-state index contributed by atoms with van der Waals surface area (Å²) in [6.45, 7) is 8.69. The second kappa shape index (κ2) is 5.87. The van der Waals surface area contributed by atoms with Crippen LogP contribution in [0.15, 0.2) is 6.07 Å². The molecule has 96 valence electrons. The summed E-state index contributed by atoms with van der Waals surface area (Å²) < 4.78 is 7.31. The maximum Gasteiger partial charge on any atom is 0.320 e. The van der Waals surface area contributed by atoms with E-state index in [1.165, 1.54) is 5.69 Å². The quantitative estimate of drug-likeness (QED) is 0.794. The molecule has 1 heterocycles. The van der Waals surface area contributed by atoms with E-state index in [1.54, 1.807) is 0 Å². The molecule has 0 saturated carbocycles. The number of rotatable bonds is 5. The minimum atomic E-state index is -0.209. The third kappa shape index (κ3) is 3.89. The van der Waals surface area contributed by atoms with Gasteiger partial charge in [-0.05, 0) is 19.9 Å². The summed E-state index contributed by atoms with van der Waals surface area (Å²) in [5.74, 6) is -0.209. The third-order valence-electron chi connectivity index (χ3n) is 2.92. The van der Waals surface area contributed by atoms with E-state index in [4.69, 9.17) is 4.74 Å². The van der Waals surface area contributed by atoms with Crippen molar-refractivity contribution in [3.63, 3.8) is 0 Å². The molecule has 0 atom stereocenters. The number of aromatic nitrogens is 1. The van der Waals surface area contributed by atoms with Crippen LogP contribution in [-0.2, 0) is 23.2 Å². The van der Waals surface area contributed by atoms with Crippen LogP contribution in [0, 0.1) is 13.8 Å². The Morgan fingerprint density at radius 3 is 2.59 bits per heavy atom. The van der Waals surface area contributed by atoms with E-state index in [0.717, 1.165) is 11.3 Å². The van der Waals surface area contributed by atoms with E-state index in [-0.39, 0.29) is 12.5 Å². The van der Waals surface area contributed by atoms with Crippen molar-refractivity contribution in [2.24, 2.45) is 7.05 Å². The summed E-state index contributed by atoms with van der Waals surface area (Å²) >= 11 is 0. The highest BCUT2D eigenvalue weighted by atomic mass is 16.5. The molecule has 1 aromatic heterocycles. The molecule has 4 nitrogen and oxygen atoms in total. The van der Waals surface area contributed by atoms with Crippen LogP contribution in [0.5, 0.6) is 0 Å². The summed E-state index contributed by atoms with van der Waals surface area (Å²) in [4.78, 5) is 11.4. The first-order chi connectivity index (χ1) is 7.91. The largest absolute Gasteiger partial charge is 0.460 e. The van der Waals surface area contributed by atoms with E-state index in [1.807, 2.05) is 34.7 Å². The number of nitrogens with one attached hydrogen (secondary N) is 1. The van der Waals surface area contributed by atoms with Gasteiger partial charge in [-0.1, -0.05) is 13.8 Å². The van der Waals surface area contributed by atoms with Crippen LogP contribution in [0.2, 0.25) is 0 Å². The van der Waals surface area contributed by atoms with Gasteiger partial charge in [0.1, 0.15) is 6.61 Å². The Bertz CT molecular complexity index is 394. The van der Waals surface area contributed by atoms with Crippen molar-refractivity contribution in [1.29, 1.82) is 0 Å². The van der Waals surface area contributed by atoms with Gasteiger partial charge in [0.15, 0.2) is 0 Å². The maximum absolute atomic E-state index is 11.4. The average molecular weight is 238 g/mol. The van der Waals surface area contributed by atoms with Crippen molar-refractivity contribution in [3.8, 4) is 0 Å². The van der Waals surface area contributed by atoms with Gasteiger partial charge in [-0.15, -0.1) is 0 Å². The monoisotopic (exact) mass is 238 g/mol. The fourth-order valence-corrected chi connectivity index (χ4v) is 1.58. The molecule has 0 amide bonds. The van der Waals surface area contributed by atoms with Gasteiger partial charge in [-0.25, -0.2) is 0 Å². The van der Waals surface area contributed by atoms with Gasteiger partial charge >= 0.3 is 5.97 Å². The van der Waals surface area contributed by atoms with Gasteiger partial charge in [-0.3, -0.25) is 4.79 Å². The normalized spacial score (nSPS) is 10.9. The van der Waals surface area contributed by atoms with Crippen LogP contribution in [0.25, 0.3) is 0 Å². The number of nitrogens with zero attached hydrogens (tertiary/aromatic N) is 1. The molecular weight excluding hydrogens is 216 g/mol. The predicted octanol–water partition coefficient (Wildman–Crippen LogP) is 1.68. The van der Waals surface area contributed by atoms with Crippen molar-refractivity contribution < 1.29 is 9.53 Å². The molecule has 0 bridgehead atoms. The summed E-state index contributed by atoms with van der Waals surface area (Å²) in [6.07, 6.45) is 0. The number of ether oxygens (including phenoxy) is 1. The SMILES string of the molecule is Cc1cc(COC(=O)CNC(C)C)c(C)n1C. The van der Waals surface area contributed by atoms with Crippen LogP contribution >= 0.6 is 0 Å². The van der Waals surface area contributed by atoms with Crippen LogP contribution in [0.3, 0.4) is 0 Å². The van der Waals surface area contributed by atoms with Crippen molar-refractivity contribution in [3.05, 3.63) is 23.0 Å². The summed E-state index contributed by atoms with van der Waals surface area (Å²) in [6, 6.07) is 2.35. The summed E-state index contributed by atoms with van der Waals surface area (Å²) in [5.41, 5.74) is 3.39. The number of aryl methyl sites for hydroxylation is 1. The maximum atomic E-state index is 11.4. The first-order valence-electron chi connectivity index (χ1n) is 5.92. The van der Waals surface area contributed by atoms with E-state index >= 15 is 0 Å². The lowest BCUT2D eigenvalue weighted by molar-refractivity contribution is -0.143. The Kier molecular flexibility index (Phi) is 4.75. The lowest BCUT2D eigenvalue weighted by Crippen LogP contribution is -2.30. The Labute approximate surface area is 103 Å². The van der Waals surface area contributed by atoms with E-state index < -0.39 is 0 Å². The third-order valence-corrected chi connectivity index (χ3v) is 2.92. The molecule has 0 aliphatic heterocycles. The second-order valence-corrected chi connectivity index (χ2v) is 4.65. The Balaban J connectivity index is 2.45. The minimum absolute atomic E-state index is 0.209. The van der Waals surface area contributed by atoms with Gasteiger partial charge in [-0.2, -0.15) is 0 Å². The Morgan fingerprint density at radius 2 is 2.12 bits per heavy atom. The Hall–Kier alpha value is -1.29. The molecule has 0 spiro atoms. The molecule has 17 heavy (non-hydrogen) atoms.